The zero-order valence-electron chi connectivity index (χ0n) is 6.64. The van der Waals surface area contributed by atoms with E-state index in [1.807, 2.05) is 0 Å². The Morgan fingerprint density at radius 2 is 2.23 bits per heavy atom. The van der Waals surface area contributed by atoms with Crippen LogP contribution in [0.3, 0.4) is 0 Å². The third kappa shape index (κ3) is 2.65. The van der Waals surface area contributed by atoms with Crippen LogP contribution in [0.1, 0.15) is 10.4 Å². The predicted octanol–water partition coefficient (Wildman–Crippen LogP) is 0.944. The number of aldehydes is 1. The van der Waals surface area contributed by atoms with Gasteiger partial charge in [-0.3, -0.25) is 4.79 Å². The molecule has 3 nitrogen and oxygen atoms in total. The maximum absolute atomic E-state index is 10.3. The summed E-state index contributed by atoms with van der Waals surface area (Å²) in [6.45, 7) is 0. The number of hydrogen-bond donors (Lipinski definition) is 0. The van der Waals surface area contributed by atoms with E-state index in [1.165, 1.54) is 0 Å². The molecule has 0 atom stereocenters. The van der Waals surface area contributed by atoms with E-state index in [4.69, 9.17) is 0 Å². The van der Waals surface area contributed by atoms with Crippen molar-refractivity contribution in [2.45, 2.75) is 0 Å². The van der Waals surface area contributed by atoms with Crippen LogP contribution in [-0.2, 0) is 32.7 Å². The van der Waals surface area contributed by atoms with Crippen LogP contribution in [0.4, 0.5) is 0 Å². The Morgan fingerprint density at radius 3 is 2.92 bits per heavy atom. The Morgan fingerprint density at radius 1 is 1.46 bits per heavy atom. The van der Waals surface area contributed by atoms with Crippen LogP contribution >= 0.6 is 0 Å². The van der Waals surface area contributed by atoms with Gasteiger partial charge in [-0.15, -0.1) is 0 Å². The van der Waals surface area contributed by atoms with Crippen LogP contribution in [-0.4, -0.2) is 15.7 Å². The van der Waals surface area contributed by atoms with Crippen molar-refractivity contribution in [3.63, 3.8) is 0 Å². The summed E-state index contributed by atoms with van der Waals surface area (Å²) in [6, 6.07) is 3.50. The number of nitrogens with zero attached hydrogens (tertiary/aromatic N) is 2. The molecule has 2 rings (SSSR count). The Kier molecular flexibility index (Phi) is 5.49. The summed E-state index contributed by atoms with van der Waals surface area (Å²) in [5.41, 5.74) is 1.43. The van der Waals surface area contributed by atoms with Gasteiger partial charge in [0.15, 0.2) is 0 Å². The maximum atomic E-state index is 10.3. The van der Waals surface area contributed by atoms with Crippen molar-refractivity contribution in [1.82, 2.24) is 9.38 Å². The van der Waals surface area contributed by atoms with Gasteiger partial charge in [0, 0.05) is 52.6 Å². The molecule has 0 unspecified atom stereocenters. The molecule has 0 N–H and O–H groups in total. The average Bonchev–Trinajstić information content (AvgIpc) is 2.50. The second-order valence-electron chi connectivity index (χ2n) is 2.20. The second kappa shape index (κ2) is 5.56. The Bertz CT molecular complexity index is 402. The molecule has 2 aromatic rings. The predicted molar refractivity (Wildman–Crippen MR) is 39.4 cm³/mol. The number of carbonyl (C=O) groups is 1. The Labute approximate surface area is 109 Å². The molecule has 0 aliphatic rings. The van der Waals surface area contributed by atoms with Gasteiger partial charge in [0.2, 0.25) is 0 Å². The van der Waals surface area contributed by atoms with Gasteiger partial charge in [-0.05, 0) is 11.8 Å². The first-order valence-electron chi connectivity index (χ1n) is 3.20. The molecule has 0 saturated carbocycles. The van der Waals surface area contributed by atoms with Crippen molar-refractivity contribution >= 4 is 11.9 Å². The minimum atomic E-state index is 0. The van der Waals surface area contributed by atoms with Crippen LogP contribution in [0, 0.1) is 20.5 Å². The molecule has 0 aromatic carbocycles. The number of carbonyl (C=O) groups excluding carboxylic acids is 1. The number of hydrogen-bond acceptors (Lipinski definition) is 2. The normalized spacial score (nSPS) is 8.62. The fourth-order valence-corrected chi connectivity index (χ4v) is 0.945. The molecular formula is C8H5AmN2OY-. The van der Waals surface area contributed by atoms with E-state index in [2.05, 4.69) is 11.2 Å². The van der Waals surface area contributed by atoms with Gasteiger partial charge in [0.1, 0.15) is 6.29 Å². The zero-order chi connectivity index (χ0) is 7.68. The number of aromatic nitrogens is 2. The first-order chi connectivity index (χ1) is 5.40. The molecule has 13 heavy (non-hydrogen) atoms. The molecular weight excluding hydrogens is 472 g/mol. The number of rotatable bonds is 1. The molecule has 2 heterocycles. The summed E-state index contributed by atoms with van der Waals surface area (Å²) in [5.74, 6) is 0. The van der Waals surface area contributed by atoms with Crippen LogP contribution < -0.4 is 0 Å². The van der Waals surface area contributed by atoms with Gasteiger partial charge in [-0.1, -0.05) is 24.5 Å². The fourth-order valence-electron chi connectivity index (χ4n) is 0.945. The smallest absolute Gasteiger partial charge is 0.139 e. The molecule has 0 fully saturated rings. The molecule has 0 aliphatic carbocycles. The van der Waals surface area contributed by atoms with Gasteiger partial charge >= 0.3 is 0 Å². The number of fused-ring (bicyclic) bond motifs is 1. The van der Waals surface area contributed by atoms with Gasteiger partial charge in [0.05, 0.1) is 0 Å². The standard InChI is InChI=1S/C8H5N2O.Am.Y/c11-6-7-1-2-8-9-3-4-10(8)5-7;;/h1-3,5-6H;;/q-1;;. The van der Waals surface area contributed by atoms with Crippen molar-refractivity contribution in [2.24, 2.45) is 0 Å². The van der Waals surface area contributed by atoms with Gasteiger partial charge in [-0.25, -0.2) is 0 Å². The maximum Gasteiger partial charge on any atom is 0.139 e. The quantitative estimate of drug-likeness (QED) is 0.453. The van der Waals surface area contributed by atoms with Crippen LogP contribution in [0.15, 0.2) is 24.5 Å². The first kappa shape index (κ1) is 12.9. The third-order valence-corrected chi connectivity index (χ3v) is 1.48. The molecule has 0 bridgehead atoms. The van der Waals surface area contributed by atoms with E-state index in [-0.39, 0.29) is 47.0 Å². The number of imidazole rings is 1. The average molecular weight is 477 g/mol. The van der Waals surface area contributed by atoms with Crippen molar-refractivity contribution in [3.05, 3.63) is 36.3 Å². The van der Waals surface area contributed by atoms with E-state index in [9.17, 15) is 4.79 Å². The largest absolute Gasteiger partial charge is 0.467 e. The van der Waals surface area contributed by atoms with E-state index < -0.39 is 0 Å². The van der Waals surface area contributed by atoms with Gasteiger partial charge in [0.25, 0.3) is 0 Å². The van der Waals surface area contributed by atoms with Crippen molar-refractivity contribution in [1.29, 1.82) is 0 Å². The van der Waals surface area contributed by atoms with Crippen molar-refractivity contribution in [2.75, 3.05) is 0 Å². The van der Waals surface area contributed by atoms with Crippen molar-refractivity contribution < 1.29 is 51.8 Å². The number of pyridine rings is 1. The monoisotopic (exact) mass is 475 g/mol. The molecule has 0 spiro atoms. The minimum absolute atomic E-state index is 0. The molecule has 2 radical (unpaired) electrons. The van der Waals surface area contributed by atoms with E-state index in [0.29, 0.717) is 5.56 Å². The van der Waals surface area contributed by atoms with Crippen LogP contribution in [0.2, 0.25) is 0 Å². The van der Waals surface area contributed by atoms with Gasteiger partial charge < -0.3 is 9.38 Å². The Hall–Kier alpha value is -0.146. The van der Waals surface area contributed by atoms with Crippen molar-refractivity contribution in [3.8, 4) is 0 Å². The van der Waals surface area contributed by atoms with E-state index in [1.54, 1.807) is 28.9 Å². The molecule has 0 saturated heterocycles. The Balaban J connectivity index is 0.000000720. The summed E-state index contributed by atoms with van der Waals surface area (Å²) in [7, 11) is 0. The van der Waals surface area contributed by atoms with E-state index >= 15 is 0 Å². The zero-order valence-corrected chi connectivity index (χ0v) is 12.6. The minimum Gasteiger partial charge on any atom is -0.467 e. The molecule has 0 aliphatic heterocycles. The summed E-state index contributed by atoms with van der Waals surface area (Å²) in [5, 5.41) is 0. The summed E-state index contributed by atoms with van der Waals surface area (Å²) in [6.07, 6.45) is 6.90. The molecule has 5 heteroatoms. The summed E-state index contributed by atoms with van der Waals surface area (Å²) >= 11 is 0. The SMILES string of the molecule is O=Cc1ccc2nc[c-]n2c1.[Am].[Y]. The topological polar surface area (TPSA) is 34.4 Å². The summed E-state index contributed by atoms with van der Waals surface area (Å²) < 4.78 is 1.68. The van der Waals surface area contributed by atoms with E-state index in [0.717, 1.165) is 11.9 Å². The van der Waals surface area contributed by atoms with Crippen LogP contribution in [0.5, 0.6) is 0 Å². The van der Waals surface area contributed by atoms with Crippen LogP contribution in [0.25, 0.3) is 5.65 Å². The second-order valence-corrected chi connectivity index (χ2v) is 2.20. The fraction of sp³-hybridized carbons (Fsp3) is 0. The first-order valence-corrected chi connectivity index (χ1v) is 3.20. The third-order valence-electron chi connectivity index (χ3n) is 1.48. The molecule has 0 amide bonds. The molecule has 2 aromatic heterocycles. The van der Waals surface area contributed by atoms with Gasteiger partial charge in [-0.2, -0.15) is 0 Å². The summed E-state index contributed by atoms with van der Waals surface area (Å²) in [4.78, 5) is 14.3. The molecule has 64 valence electrons.